The van der Waals surface area contributed by atoms with E-state index < -0.39 is 10.7 Å². The summed E-state index contributed by atoms with van der Waals surface area (Å²) >= 11 is 0. The van der Waals surface area contributed by atoms with Crippen LogP contribution in [-0.4, -0.2) is 11.5 Å². The van der Waals surface area contributed by atoms with Crippen LogP contribution < -0.4 is 5.32 Å². The van der Waals surface area contributed by atoms with Gasteiger partial charge in [-0.1, -0.05) is 27.7 Å². The molecule has 0 radical (unpaired) electrons. The number of nitro benzene ring substituents is 1. The molecule has 19 heavy (non-hydrogen) atoms. The van der Waals surface area contributed by atoms with E-state index in [0.717, 1.165) is 6.07 Å². The van der Waals surface area contributed by atoms with Crippen molar-refractivity contribution in [3.8, 4) is 0 Å². The van der Waals surface area contributed by atoms with Crippen molar-refractivity contribution >= 4 is 11.4 Å². The fourth-order valence-electron chi connectivity index (χ4n) is 2.82. The molecule has 0 aromatic heterocycles. The second-order valence-electron chi connectivity index (χ2n) is 6.30. The Bertz CT molecular complexity index is 512. The van der Waals surface area contributed by atoms with E-state index in [0.29, 0.717) is 18.2 Å². The van der Waals surface area contributed by atoms with Gasteiger partial charge in [-0.2, -0.15) is 0 Å². The van der Waals surface area contributed by atoms with Crippen molar-refractivity contribution in [1.29, 1.82) is 0 Å². The Kier molecular flexibility index (Phi) is 3.03. The van der Waals surface area contributed by atoms with Crippen molar-refractivity contribution < 1.29 is 9.31 Å². The topological polar surface area (TPSA) is 55.2 Å². The van der Waals surface area contributed by atoms with Crippen LogP contribution in [0.25, 0.3) is 0 Å². The van der Waals surface area contributed by atoms with E-state index in [1.165, 1.54) is 12.1 Å². The first-order valence-electron chi connectivity index (χ1n) is 6.35. The first kappa shape index (κ1) is 13.8. The minimum atomic E-state index is -0.597. The molecule has 0 heterocycles. The molecule has 1 N–H and O–H groups in total. The lowest BCUT2D eigenvalue weighted by atomic mass is 10.0. The Labute approximate surface area is 112 Å². The molecule has 0 atom stereocenters. The summed E-state index contributed by atoms with van der Waals surface area (Å²) in [7, 11) is 0. The van der Waals surface area contributed by atoms with Crippen LogP contribution in [0, 0.1) is 32.7 Å². The average Bonchev–Trinajstić information content (AvgIpc) is 2.68. The molecule has 5 heteroatoms. The quantitative estimate of drug-likeness (QED) is 0.665. The lowest BCUT2D eigenvalue weighted by Crippen LogP contribution is -2.09. The van der Waals surface area contributed by atoms with E-state index in [1.807, 2.05) is 0 Å². The molecule has 1 aliphatic carbocycles. The summed E-state index contributed by atoms with van der Waals surface area (Å²) < 4.78 is 13.7. The Morgan fingerprint density at radius 3 is 2.32 bits per heavy atom. The Morgan fingerprint density at radius 1 is 1.32 bits per heavy atom. The molecule has 1 saturated carbocycles. The second kappa shape index (κ2) is 4.18. The van der Waals surface area contributed by atoms with Gasteiger partial charge in [0, 0.05) is 12.6 Å². The van der Waals surface area contributed by atoms with Crippen molar-refractivity contribution in [2.75, 3.05) is 11.9 Å². The SMILES string of the molecule is CC1(C)C(CNc2ccc([N+](=O)[O-])cc2F)C1(C)C. The average molecular weight is 266 g/mol. The van der Waals surface area contributed by atoms with E-state index in [2.05, 4.69) is 33.0 Å². The minimum Gasteiger partial charge on any atom is -0.382 e. The summed E-state index contributed by atoms with van der Waals surface area (Å²) in [4.78, 5) is 9.93. The number of hydrogen-bond acceptors (Lipinski definition) is 3. The van der Waals surface area contributed by atoms with Gasteiger partial charge in [0.1, 0.15) is 0 Å². The van der Waals surface area contributed by atoms with Crippen LogP contribution >= 0.6 is 0 Å². The zero-order valence-corrected chi connectivity index (χ0v) is 11.7. The number of nitrogens with one attached hydrogen (secondary N) is 1. The van der Waals surface area contributed by atoms with E-state index in [4.69, 9.17) is 0 Å². The van der Waals surface area contributed by atoms with Crippen LogP contribution in [0.4, 0.5) is 15.8 Å². The number of halogens is 1. The maximum atomic E-state index is 13.7. The monoisotopic (exact) mass is 266 g/mol. The molecule has 1 aromatic rings. The summed E-state index contributed by atoms with van der Waals surface area (Å²) in [5.74, 6) is -0.111. The molecule has 0 unspecified atom stereocenters. The number of anilines is 1. The fraction of sp³-hybridized carbons (Fsp3) is 0.571. The lowest BCUT2D eigenvalue weighted by Gasteiger charge is -2.08. The second-order valence-corrected chi connectivity index (χ2v) is 6.30. The molecule has 1 fully saturated rings. The maximum Gasteiger partial charge on any atom is 0.272 e. The van der Waals surface area contributed by atoms with Gasteiger partial charge in [0.05, 0.1) is 16.7 Å². The molecule has 0 amide bonds. The number of rotatable bonds is 4. The number of nitrogens with zero attached hydrogens (tertiary/aromatic N) is 1. The highest BCUT2D eigenvalue weighted by Gasteiger charge is 2.64. The van der Waals surface area contributed by atoms with Gasteiger partial charge >= 0.3 is 0 Å². The van der Waals surface area contributed by atoms with Crippen molar-refractivity contribution in [1.82, 2.24) is 0 Å². The molecule has 1 aromatic carbocycles. The molecule has 4 nitrogen and oxygen atoms in total. The number of non-ortho nitro benzene ring substituents is 1. The van der Waals surface area contributed by atoms with E-state index in [1.54, 1.807) is 0 Å². The number of nitro groups is 1. The highest BCUT2D eigenvalue weighted by Crippen LogP contribution is 2.68. The Morgan fingerprint density at radius 2 is 1.89 bits per heavy atom. The molecule has 2 rings (SSSR count). The van der Waals surface area contributed by atoms with E-state index in [-0.39, 0.29) is 16.5 Å². The predicted octanol–water partition coefficient (Wildman–Crippen LogP) is 3.83. The zero-order valence-electron chi connectivity index (χ0n) is 11.7. The zero-order chi connectivity index (χ0) is 14.4. The number of benzene rings is 1. The molecule has 1 aliphatic rings. The van der Waals surface area contributed by atoms with Crippen LogP contribution in [0.3, 0.4) is 0 Å². The van der Waals surface area contributed by atoms with Gasteiger partial charge in [-0.15, -0.1) is 0 Å². The largest absolute Gasteiger partial charge is 0.382 e. The van der Waals surface area contributed by atoms with Gasteiger partial charge in [0.25, 0.3) is 5.69 Å². The molecule has 0 aliphatic heterocycles. The van der Waals surface area contributed by atoms with Gasteiger partial charge in [0.2, 0.25) is 0 Å². The van der Waals surface area contributed by atoms with Gasteiger partial charge in [-0.3, -0.25) is 10.1 Å². The summed E-state index contributed by atoms with van der Waals surface area (Å²) in [6, 6.07) is 3.69. The van der Waals surface area contributed by atoms with Gasteiger partial charge in [0.15, 0.2) is 5.82 Å². The molecule has 0 saturated heterocycles. The third-order valence-electron chi connectivity index (χ3n) is 4.98. The fourth-order valence-corrected chi connectivity index (χ4v) is 2.82. The summed E-state index contributed by atoms with van der Waals surface area (Å²) in [6.45, 7) is 9.48. The third kappa shape index (κ3) is 2.17. The molecular formula is C14H19FN2O2. The van der Waals surface area contributed by atoms with Gasteiger partial charge in [-0.05, 0) is 22.8 Å². The van der Waals surface area contributed by atoms with Crippen LogP contribution in [0.2, 0.25) is 0 Å². The first-order chi connectivity index (χ1) is 8.68. The Hall–Kier alpha value is -1.65. The van der Waals surface area contributed by atoms with Crippen LogP contribution in [0.1, 0.15) is 27.7 Å². The molecule has 0 bridgehead atoms. The van der Waals surface area contributed by atoms with Crippen molar-refractivity contribution in [3.05, 3.63) is 34.1 Å². The maximum absolute atomic E-state index is 13.7. The van der Waals surface area contributed by atoms with E-state index in [9.17, 15) is 14.5 Å². The molecule has 0 spiro atoms. The van der Waals surface area contributed by atoms with Gasteiger partial charge < -0.3 is 5.32 Å². The third-order valence-corrected chi connectivity index (χ3v) is 4.98. The summed E-state index contributed by atoms with van der Waals surface area (Å²) in [6.07, 6.45) is 0. The minimum absolute atomic E-state index is 0.227. The van der Waals surface area contributed by atoms with E-state index >= 15 is 0 Å². The molecule has 104 valence electrons. The Balaban J connectivity index is 2.04. The highest BCUT2D eigenvalue weighted by molar-refractivity contribution is 5.50. The summed E-state index contributed by atoms with van der Waals surface area (Å²) in [5, 5.41) is 13.6. The smallest absolute Gasteiger partial charge is 0.272 e. The standard InChI is InChI=1S/C14H19FN2O2/c1-13(2)12(14(13,3)4)8-16-11-6-5-9(17(18)19)7-10(11)15/h5-7,12,16H,8H2,1-4H3. The van der Waals surface area contributed by atoms with Gasteiger partial charge in [-0.25, -0.2) is 4.39 Å². The predicted molar refractivity (Wildman–Crippen MR) is 72.6 cm³/mol. The van der Waals surface area contributed by atoms with Crippen molar-refractivity contribution in [2.45, 2.75) is 27.7 Å². The normalized spacial score (nSPS) is 20.1. The van der Waals surface area contributed by atoms with Crippen LogP contribution in [0.5, 0.6) is 0 Å². The van der Waals surface area contributed by atoms with Crippen LogP contribution in [-0.2, 0) is 0 Å². The number of hydrogen-bond donors (Lipinski definition) is 1. The van der Waals surface area contributed by atoms with Crippen molar-refractivity contribution in [3.63, 3.8) is 0 Å². The van der Waals surface area contributed by atoms with Crippen LogP contribution in [0.15, 0.2) is 18.2 Å². The molecular weight excluding hydrogens is 247 g/mol. The highest BCUT2D eigenvalue weighted by atomic mass is 19.1. The first-order valence-corrected chi connectivity index (χ1v) is 6.35. The van der Waals surface area contributed by atoms with Crippen molar-refractivity contribution in [2.24, 2.45) is 16.7 Å². The summed E-state index contributed by atoms with van der Waals surface area (Å²) in [5.41, 5.74) is 0.563. The lowest BCUT2D eigenvalue weighted by molar-refractivity contribution is -0.385.